The summed E-state index contributed by atoms with van der Waals surface area (Å²) in [5, 5.41) is 11.1. The Morgan fingerprint density at radius 1 is 1.60 bits per heavy atom. The second-order valence-corrected chi connectivity index (χ2v) is 4.38. The fourth-order valence-corrected chi connectivity index (χ4v) is 1.83. The molecular formula is C8H12N4O2S. The molecule has 7 heteroatoms. The molecule has 2 N–H and O–H groups in total. The molecule has 0 saturated carbocycles. The Bertz CT molecular complexity index is 370. The van der Waals surface area contributed by atoms with Crippen LogP contribution in [0.2, 0.25) is 0 Å². The van der Waals surface area contributed by atoms with Gasteiger partial charge in [0.25, 0.3) is 0 Å². The topological polar surface area (TPSA) is 94.9 Å². The van der Waals surface area contributed by atoms with Gasteiger partial charge in [-0.15, -0.1) is 0 Å². The van der Waals surface area contributed by atoms with Crippen molar-refractivity contribution in [1.82, 2.24) is 9.97 Å². The molecule has 0 aliphatic heterocycles. The van der Waals surface area contributed by atoms with E-state index in [1.165, 1.54) is 18.1 Å². The Kier molecular flexibility index (Phi) is 3.84. The van der Waals surface area contributed by atoms with Crippen LogP contribution in [0, 0.1) is 16.0 Å². The molecule has 1 aromatic heterocycles. The number of nitrogens with zero attached hydrogens (tertiary/aromatic N) is 3. The highest BCUT2D eigenvalue weighted by molar-refractivity contribution is 7.99. The lowest BCUT2D eigenvalue weighted by molar-refractivity contribution is -0.387. The molecule has 0 saturated heterocycles. The van der Waals surface area contributed by atoms with Crippen molar-refractivity contribution in [3.63, 3.8) is 0 Å². The van der Waals surface area contributed by atoms with Crippen molar-refractivity contribution in [1.29, 1.82) is 0 Å². The summed E-state index contributed by atoms with van der Waals surface area (Å²) < 4.78 is 0. The Morgan fingerprint density at radius 2 is 2.27 bits per heavy atom. The number of hydrogen-bond acceptors (Lipinski definition) is 6. The predicted octanol–water partition coefficient (Wildman–Crippen LogP) is 1.72. The molecule has 6 nitrogen and oxygen atoms in total. The van der Waals surface area contributed by atoms with Crippen LogP contribution in [-0.2, 0) is 0 Å². The van der Waals surface area contributed by atoms with Gasteiger partial charge in [-0.05, 0) is 5.92 Å². The lowest BCUT2D eigenvalue weighted by atomic mass is 10.3. The average Bonchev–Trinajstić information content (AvgIpc) is 2.13. The zero-order chi connectivity index (χ0) is 11.4. The van der Waals surface area contributed by atoms with Crippen molar-refractivity contribution in [2.75, 3.05) is 11.5 Å². The van der Waals surface area contributed by atoms with E-state index in [2.05, 4.69) is 9.97 Å². The molecule has 0 radical (unpaired) electrons. The van der Waals surface area contributed by atoms with Gasteiger partial charge >= 0.3 is 5.69 Å². The van der Waals surface area contributed by atoms with Crippen LogP contribution in [0.4, 0.5) is 11.5 Å². The summed E-state index contributed by atoms with van der Waals surface area (Å²) in [5.41, 5.74) is 5.23. The van der Waals surface area contributed by atoms with Crippen LogP contribution in [0.15, 0.2) is 11.4 Å². The first-order chi connectivity index (χ1) is 7.02. The number of anilines is 1. The lowest BCUT2D eigenvalue weighted by Crippen LogP contribution is -2.02. The third-order valence-electron chi connectivity index (χ3n) is 1.55. The molecule has 15 heavy (non-hydrogen) atoms. The normalized spacial score (nSPS) is 10.6. The van der Waals surface area contributed by atoms with Crippen molar-refractivity contribution < 1.29 is 4.92 Å². The number of rotatable bonds is 4. The minimum Gasteiger partial charge on any atom is -0.378 e. The highest BCUT2D eigenvalue weighted by Gasteiger charge is 2.21. The Balaban J connectivity index is 2.96. The number of hydrogen-bond donors (Lipinski definition) is 1. The van der Waals surface area contributed by atoms with Crippen LogP contribution < -0.4 is 5.73 Å². The van der Waals surface area contributed by atoms with E-state index in [0.29, 0.717) is 10.9 Å². The second-order valence-electron chi connectivity index (χ2n) is 3.37. The molecule has 0 spiro atoms. The molecule has 82 valence electrons. The highest BCUT2D eigenvalue weighted by Crippen LogP contribution is 2.31. The van der Waals surface area contributed by atoms with Crippen LogP contribution in [0.1, 0.15) is 13.8 Å². The molecule has 0 unspecified atom stereocenters. The molecule has 0 aliphatic rings. The first-order valence-corrected chi connectivity index (χ1v) is 5.38. The van der Waals surface area contributed by atoms with Gasteiger partial charge in [-0.2, -0.15) is 0 Å². The van der Waals surface area contributed by atoms with Crippen molar-refractivity contribution in [2.45, 2.75) is 18.9 Å². The summed E-state index contributed by atoms with van der Waals surface area (Å²) in [7, 11) is 0. The lowest BCUT2D eigenvalue weighted by Gasteiger charge is -2.04. The largest absolute Gasteiger partial charge is 0.378 e. The number of nitrogens with two attached hydrogens (primary N) is 1. The molecule has 0 atom stereocenters. The van der Waals surface area contributed by atoms with E-state index in [4.69, 9.17) is 5.73 Å². The molecule has 0 amide bonds. The summed E-state index contributed by atoms with van der Waals surface area (Å²) in [6, 6.07) is 0. The van der Waals surface area contributed by atoms with Gasteiger partial charge in [0.1, 0.15) is 6.33 Å². The summed E-state index contributed by atoms with van der Waals surface area (Å²) in [5.74, 6) is 1.11. The second kappa shape index (κ2) is 4.92. The predicted molar refractivity (Wildman–Crippen MR) is 58.7 cm³/mol. The van der Waals surface area contributed by atoms with Gasteiger partial charge in [0.15, 0.2) is 5.03 Å². The van der Waals surface area contributed by atoms with Crippen molar-refractivity contribution in [3.05, 3.63) is 16.4 Å². The fourth-order valence-electron chi connectivity index (χ4n) is 0.898. The van der Waals surface area contributed by atoms with Crippen molar-refractivity contribution >= 4 is 23.3 Å². The number of aromatic nitrogens is 2. The van der Waals surface area contributed by atoms with E-state index >= 15 is 0 Å². The first kappa shape index (κ1) is 11.7. The van der Waals surface area contributed by atoms with Gasteiger partial charge < -0.3 is 5.73 Å². The van der Waals surface area contributed by atoms with Crippen LogP contribution in [0.25, 0.3) is 0 Å². The molecule has 1 heterocycles. The van der Waals surface area contributed by atoms with E-state index in [1.54, 1.807) is 0 Å². The smallest absolute Gasteiger partial charge is 0.343 e. The molecular weight excluding hydrogens is 216 g/mol. The molecule has 0 aromatic carbocycles. The van der Waals surface area contributed by atoms with Crippen molar-refractivity contribution in [3.8, 4) is 0 Å². The quantitative estimate of drug-likeness (QED) is 0.365. The van der Waals surface area contributed by atoms with E-state index < -0.39 is 4.92 Å². The van der Waals surface area contributed by atoms with E-state index in [-0.39, 0.29) is 11.5 Å². The Labute approximate surface area is 91.4 Å². The summed E-state index contributed by atoms with van der Waals surface area (Å²) >= 11 is 1.32. The first-order valence-electron chi connectivity index (χ1n) is 4.40. The number of nitrogen functional groups attached to an aromatic ring is 1. The molecule has 0 bridgehead atoms. The van der Waals surface area contributed by atoms with Crippen molar-refractivity contribution in [2.24, 2.45) is 5.92 Å². The summed E-state index contributed by atoms with van der Waals surface area (Å²) in [6.45, 7) is 4.06. The molecule has 1 aromatic rings. The van der Waals surface area contributed by atoms with Gasteiger partial charge in [0.05, 0.1) is 4.92 Å². The maximum Gasteiger partial charge on any atom is 0.343 e. The van der Waals surface area contributed by atoms with E-state index in [0.717, 1.165) is 5.75 Å². The maximum atomic E-state index is 10.7. The van der Waals surface area contributed by atoms with E-state index in [9.17, 15) is 10.1 Å². The minimum absolute atomic E-state index is 0.0822. The Morgan fingerprint density at radius 3 is 2.80 bits per heavy atom. The van der Waals surface area contributed by atoms with Gasteiger partial charge in [-0.25, -0.2) is 9.97 Å². The number of nitro groups is 1. The third kappa shape index (κ3) is 3.05. The third-order valence-corrected chi connectivity index (χ3v) is 2.96. The van der Waals surface area contributed by atoms with Gasteiger partial charge in [0.2, 0.25) is 5.82 Å². The standard InChI is InChI=1S/C8H12N4O2S/c1-5(2)3-15-8-6(12(13)14)7(9)10-4-11-8/h4-5H,3H2,1-2H3,(H2,9,10,11). The van der Waals surface area contributed by atoms with Gasteiger partial charge in [-0.1, -0.05) is 25.6 Å². The zero-order valence-corrected chi connectivity index (χ0v) is 9.32. The summed E-state index contributed by atoms with van der Waals surface area (Å²) in [4.78, 5) is 17.6. The average molecular weight is 228 g/mol. The van der Waals surface area contributed by atoms with Crippen LogP contribution >= 0.6 is 11.8 Å². The summed E-state index contributed by atoms with van der Waals surface area (Å²) in [6.07, 6.45) is 1.24. The number of thioether (sulfide) groups is 1. The van der Waals surface area contributed by atoms with Crippen LogP contribution in [0.5, 0.6) is 0 Å². The highest BCUT2D eigenvalue weighted by atomic mass is 32.2. The SMILES string of the molecule is CC(C)CSc1ncnc(N)c1[N+](=O)[O-]. The molecule has 1 rings (SSSR count). The van der Waals surface area contributed by atoms with Gasteiger partial charge in [0, 0.05) is 5.75 Å². The maximum absolute atomic E-state index is 10.7. The van der Waals surface area contributed by atoms with E-state index in [1.807, 2.05) is 13.8 Å². The minimum atomic E-state index is -0.544. The monoisotopic (exact) mass is 228 g/mol. The Hall–Kier alpha value is -1.37. The fraction of sp³-hybridized carbons (Fsp3) is 0.500. The van der Waals surface area contributed by atoms with Gasteiger partial charge in [-0.3, -0.25) is 10.1 Å². The molecule has 0 aliphatic carbocycles. The molecule has 0 fully saturated rings. The zero-order valence-electron chi connectivity index (χ0n) is 8.51. The van der Waals surface area contributed by atoms with Crippen LogP contribution in [-0.4, -0.2) is 20.6 Å². The van der Waals surface area contributed by atoms with Crippen LogP contribution in [0.3, 0.4) is 0 Å².